The van der Waals surface area contributed by atoms with E-state index in [1.165, 1.54) is 6.07 Å². The molecule has 6 rings (SSSR count). The number of rotatable bonds is 5. The molecule has 3 saturated carbocycles. The lowest BCUT2D eigenvalue weighted by Crippen LogP contribution is -2.76. The maximum absolute atomic E-state index is 14.6. The van der Waals surface area contributed by atoms with Gasteiger partial charge in [-0.1, -0.05) is 19.8 Å². The summed E-state index contributed by atoms with van der Waals surface area (Å²) in [6, 6.07) is 2.09. The third-order valence-electron chi connectivity index (χ3n) is 7.34. The number of carbonyl (C=O) groups is 1. The Balaban J connectivity index is 1.69. The van der Waals surface area contributed by atoms with Gasteiger partial charge < -0.3 is 15.6 Å². The van der Waals surface area contributed by atoms with Crippen LogP contribution in [0.25, 0.3) is 10.9 Å². The number of H-pyrrole nitrogens is 1. The van der Waals surface area contributed by atoms with Gasteiger partial charge in [0.05, 0.1) is 11.6 Å². The number of aromatic nitrogens is 1. The van der Waals surface area contributed by atoms with E-state index in [2.05, 4.69) is 11.9 Å². The summed E-state index contributed by atoms with van der Waals surface area (Å²) in [7, 11) is 0. The number of halogens is 3. The Morgan fingerprint density at radius 3 is 2.69 bits per heavy atom. The van der Waals surface area contributed by atoms with Crippen LogP contribution in [0.4, 0.5) is 8.78 Å². The summed E-state index contributed by atoms with van der Waals surface area (Å²) in [6.45, 7) is 2.12. The summed E-state index contributed by atoms with van der Waals surface area (Å²) >= 11 is 6.02. The van der Waals surface area contributed by atoms with E-state index in [0.29, 0.717) is 17.3 Å². The second-order valence-corrected chi connectivity index (χ2v) is 9.69. The molecule has 0 spiro atoms. The molecule has 1 aromatic carbocycles. The molecule has 4 nitrogen and oxygen atoms in total. The van der Waals surface area contributed by atoms with Crippen molar-refractivity contribution in [1.29, 1.82) is 0 Å². The van der Waals surface area contributed by atoms with E-state index in [-0.39, 0.29) is 34.8 Å². The number of nitrogens with zero attached hydrogens (tertiary/aromatic N) is 1. The van der Waals surface area contributed by atoms with Crippen molar-refractivity contribution in [3.05, 3.63) is 35.0 Å². The molecular weight excluding hydrogens is 396 g/mol. The van der Waals surface area contributed by atoms with Crippen molar-refractivity contribution in [3.8, 4) is 0 Å². The first kappa shape index (κ1) is 19.3. The lowest BCUT2D eigenvalue weighted by atomic mass is 9.36. The zero-order chi connectivity index (χ0) is 20.6. The van der Waals surface area contributed by atoms with Crippen LogP contribution in [0.2, 0.25) is 0 Å². The van der Waals surface area contributed by atoms with Crippen LogP contribution in [0.3, 0.4) is 0 Å². The summed E-state index contributed by atoms with van der Waals surface area (Å²) in [5.74, 6) is -1.35. The van der Waals surface area contributed by atoms with Gasteiger partial charge in [0.15, 0.2) is 0 Å². The molecule has 3 N–H and O–H groups in total. The summed E-state index contributed by atoms with van der Waals surface area (Å²) in [4.78, 5) is 18.2. The second-order valence-electron chi connectivity index (χ2n) is 9.42. The fraction of sp³-hybridized carbons (Fsp3) is 0.591. The first-order chi connectivity index (χ1) is 13.8. The van der Waals surface area contributed by atoms with Crippen LogP contribution in [0, 0.1) is 17.0 Å². The Morgan fingerprint density at radius 1 is 1.34 bits per heavy atom. The van der Waals surface area contributed by atoms with E-state index in [9.17, 15) is 13.6 Å². The molecular formula is C22H26ClF2N3O. The van der Waals surface area contributed by atoms with Crippen LogP contribution < -0.4 is 5.73 Å². The number of fused-ring (bicyclic) bond motifs is 3. The highest BCUT2D eigenvalue weighted by Gasteiger charge is 2.71. The summed E-state index contributed by atoms with van der Waals surface area (Å²) in [5.41, 5.74) is 8.23. The highest BCUT2D eigenvalue weighted by Crippen LogP contribution is 2.73. The Bertz CT molecular complexity index is 984. The lowest BCUT2D eigenvalue weighted by Gasteiger charge is -2.73. The third-order valence-corrected chi connectivity index (χ3v) is 7.56. The van der Waals surface area contributed by atoms with Gasteiger partial charge in [-0.25, -0.2) is 8.78 Å². The number of aromatic amines is 1. The summed E-state index contributed by atoms with van der Waals surface area (Å²) in [5, 5.41) is 0.594. The molecule has 156 valence electrons. The molecule has 2 atom stereocenters. The van der Waals surface area contributed by atoms with E-state index < -0.39 is 11.6 Å². The van der Waals surface area contributed by atoms with Crippen LogP contribution in [-0.2, 0) is 11.2 Å². The third kappa shape index (κ3) is 2.68. The second kappa shape index (κ2) is 6.42. The Kier molecular flexibility index (Phi) is 4.27. The average Bonchev–Trinajstić information content (AvgIpc) is 3.00. The number of nitrogens with one attached hydrogen (secondary N) is 1. The molecule has 1 aliphatic heterocycles. The predicted octanol–water partition coefficient (Wildman–Crippen LogP) is 4.55. The number of nitrogens with two attached hydrogens (primary N) is 1. The topological polar surface area (TPSA) is 62.1 Å². The smallest absolute Gasteiger partial charge is 0.238 e. The number of alkyl halides is 1. The molecule has 1 aromatic heterocycles. The van der Waals surface area contributed by atoms with Gasteiger partial charge in [-0.05, 0) is 43.7 Å². The van der Waals surface area contributed by atoms with Crippen molar-refractivity contribution in [1.82, 2.24) is 9.88 Å². The van der Waals surface area contributed by atoms with Crippen LogP contribution in [-0.4, -0.2) is 33.3 Å². The van der Waals surface area contributed by atoms with Crippen molar-refractivity contribution >= 4 is 28.4 Å². The number of carbonyl (C=O) groups excluding carboxylic acids is 1. The first-order valence-electron chi connectivity index (χ1n) is 10.5. The van der Waals surface area contributed by atoms with Gasteiger partial charge in [0.1, 0.15) is 17.5 Å². The van der Waals surface area contributed by atoms with E-state index in [1.807, 2.05) is 4.90 Å². The van der Waals surface area contributed by atoms with Crippen molar-refractivity contribution < 1.29 is 13.6 Å². The Labute approximate surface area is 173 Å². The van der Waals surface area contributed by atoms with E-state index in [0.717, 1.165) is 55.8 Å². The Morgan fingerprint density at radius 2 is 2.07 bits per heavy atom. The maximum Gasteiger partial charge on any atom is 0.238 e. The van der Waals surface area contributed by atoms with Crippen molar-refractivity contribution in [2.24, 2.45) is 11.1 Å². The van der Waals surface area contributed by atoms with Crippen LogP contribution in [0.1, 0.15) is 62.7 Å². The van der Waals surface area contributed by atoms with E-state index in [4.69, 9.17) is 17.3 Å². The SMILES string of the molecule is CCCC[C@H]1Cc2c([nH]c3c(F)cc(F)cc23)[C@H](C23CC(N)(C2)C3)N1C(=O)CCl. The van der Waals surface area contributed by atoms with Gasteiger partial charge in [-0.2, -0.15) is 0 Å². The van der Waals surface area contributed by atoms with Gasteiger partial charge in [0, 0.05) is 34.1 Å². The standard InChI is InChI=1S/C22H26ClF2N3O/c1-2-3-4-13-7-15-14-5-12(24)6-16(25)18(14)27-19(15)20(28(13)17(29)8-23)21-9-22(26,10-21)11-21/h5-6,13,20,27H,2-4,7-11,26H2,1H3/t13-,20+,21?,22?/m0/s1. The molecule has 0 saturated heterocycles. The van der Waals surface area contributed by atoms with E-state index in [1.54, 1.807) is 0 Å². The lowest BCUT2D eigenvalue weighted by molar-refractivity contribution is -0.196. The fourth-order valence-corrected chi connectivity index (χ4v) is 6.51. The minimum atomic E-state index is -0.596. The van der Waals surface area contributed by atoms with Crippen molar-refractivity contribution in [2.45, 2.75) is 69.5 Å². The largest absolute Gasteiger partial charge is 0.354 e. The molecule has 2 bridgehead atoms. The number of hydrogen-bond acceptors (Lipinski definition) is 2. The minimum Gasteiger partial charge on any atom is -0.354 e. The van der Waals surface area contributed by atoms with Gasteiger partial charge in [0.25, 0.3) is 0 Å². The van der Waals surface area contributed by atoms with Crippen LogP contribution in [0.15, 0.2) is 12.1 Å². The maximum atomic E-state index is 14.6. The van der Waals surface area contributed by atoms with Gasteiger partial charge >= 0.3 is 0 Å². The predicted molar refractivity (Wildman–Crippen MR) is 109 cm³/mol. The highest BCUT2D eigenvalue weighted by atomic mass is 35.5. The molecule has 2 heterocycles. The highest BCUT2D eigenvalue weighted by molar-refractivity contribution is 6.27. The molecule has 3 aliphatic carbocycles. The molecule has 2 aromatic rings. The quantitative estimate of drug-likeness (QED) is 0.695. The monoisotopic (exact) mass is 421 g/mol. The van der Waals surface area contributed by atoms with E-state index >= 15 is 0 Å². The molecule has 4 aliphatic rings. The molecule has 3 fully saturated rings. The molecule has 7 heteroatoms. The van der Waals surface area contributed by atoms with Gasteiger partial charge in [-0.15, -0.1) is 11.6 Å². The molecule has 1 amide bonds. The van der Waals surface area contributed by atoms with Gasteiger partial charge in [-0.3, -0.25) is 4.79 Å². The molecule has 29 heavy (non-hydrogen) atoms. The fourth-order valence-electron chi connectivity index (χ4n) is 6.37. The molecule has 0 radical (unpaired) electrons. The van der Waals surface area contributed by atoms with Gasteiger partial charge in [0.2, 0.25) is 5.91 Å². The zero-order valence-corrected chi connectivity index (χ0v) is 17.3. The number of hydrogen-bond donors (Lipinski definition) is 2. The van der Waals surface area contributed by atoms with Crippen molar-refractivity contribution in [3.63, 3.8) is 0 Å². The van der Waals surface area contributed by atoms with Crippen molar-refractivity contribution in [2.75, 3.05) is 5.88 Å². The summed E-state index contributed by atoms with van der Waals surface area (Å²) in [6.07, 6.45) is 5.99. The number of unbranched alkanes of at least 4 members (excludes halogenated alkanes) is 1. The Hall–Kier alpha value is -1.66. The minimum absolute atomic E-state index is 0.0215. The zero-order valence-electron chi connectivity index (χ0n) is 16.5. The normalized spacial score (nSPS) is 32.7. The first-order valence-corrected chi connectivity index (χ1v) is 11.0. The number of amides is 1. The summed E-state index contributed by atoms with van der Waals surface area (Å²) < 4.78 is 28.6. The van der Waals surface area contributed by atoms with Crippen LogP contribution >= 0.6 is 11.6 Å². The number of benzene rings is 1. The average molecular weight is 422 g/mol. The molecule has 0 unspecified atom stereocenters. The van der Waals surface area contributed by atoms with Crippen LogP contribution in [0.5, 0.6) is 0 Å².